The zero-order chi connectivity index (χ0) is 46.7. The first kappa shape index (κ1) is 41.2. The molecule has 13 rings (SSSR count). The number of para-hydroxylation sites is 5. The SMILES string of the molecule is CC(C)Cc1ccnc(-n2c3ccc(-n4c5ccccc5c5ccccc54)cc3c3ccc(Oc4cccc(-n5[c-][n+](-c6c(-c7ccccc7)cccc6-c6ccccc6)c6ccccc65)c4)cc32)c1. The Morgan fingerprint density at radius 2 is 1.09 bits per heavy atom. The van der Waals surface area contributed by atoms with Crippen molar-refractivity contribution in [2.24, 2.45) is 5.92 Å². The van der Waals surface area contributed by atoms with Crippen molar-refractivity contribution >= 4 is 54.6 Å². The quantitative estimate of drug-likeness (QED) is 0.101. The highest BCUT2D eigenvalue weighted by atomic mass is 16.5. The second-order valence-corrected chi connectivity index (χ2v) is 18.5. The van der Waals surface area contributed by atoms with Gasteiger partial charge in [-0.2, -0.15) is 0 Å². The summed E-state index contributed by atoms with van der Waals surface area (Å²) in [5, 5.41) is 4.75. The molecule has 0 saturated carbocycles. The van der Waals surface area contributed by atoms with Crippen LogP contribution in [-0.2, 0) is 6.42 Å². The molecular formula is C64H47N5O. The van der Waals surface area contributed by atoms with E-state index >= 15 is 0 Å². The van der Waals surface area contributed by atoms with Crippen LogP contribution in [0.25, 0.3) is 99.8 Å². The monoisotopic (exact) mass is 901 g/mol. The van der Waals surface area contributed by atoms with Crippen molar-refractivity contribution in [3.05, 3.63) is 243 Å². The van der Waals surface area contributed by atoms with Crippen LogP contribution in [-0.4, -0.2) is 18.7 Å². The van der Waals surface area contributed by atoms with Gasteiger partial charge in [-0.15, -0.1) is 0 Å². The van der Waals surface area contributed by atoms with Crippen LogP contribution in [0.3, 0.4) is 0 Å². The third-order valence-electron chi connectivity index (χ3n) is 13.5. The summed E-state index contributed by atoms with van der Waals surface area (Å²) < 4.78 is 15.9. The zero-order valence-electron chi connectivity index (χ0n) is 38.9. The van der Waals surface area contributed by atoms with Gasteiger partial charge >= 0.3 is 0 Å². The van der Waals surface area contributed by atoms with Crippen LogP contribution in [0.5, 0.6) is 11.5 Å². The lowest BCUT2D eigenvalue weighted by Crippen LogP contribution is -2.31. The summed E-state index contributed by atoms with van der Waals surface area (Å²) in [4.78, 5) is 5.00. The summed E-state index contributed by atoms with van der Waals surface area (Å²) in [6.45, 7) is 4.52. The van der Waals surface area contributed by atoms with E-state index in [-0.39, 0.29) is 0 Å². The fraction of sp³-hybridized carbons (Fsp3) is 0.0625. The first-order valence-electron chi connectivity index (χ1n) is 24.0. The number of fused-ring (bicyclic) bond motifs is 7. The summed E-state index contributed by atoms with van der Waals surface area (Å²) in [5.41, 5.74) is 15.4. The summed E-state index contributed by atoms with van der Waals surface area (Å²) in [7, 11) is 0. The van der Waals surface area contributed by atoms with Crippen LogP contribution in [0.15, 0.2) is 231 Å². The first-order valence-corrected chi connectivity index (χ1v) is 24.0. The molecule has 4 aromatic heterocycles. The van der Waals surface area contributed by atoms with Gasteiger partial charge in [-0.25, -0.2) is 4.98 Å². The Bertz CT molecular complexity index is 3990. The zero-order valence-corrected chi connectivity index (χ0v) is 38.9. The van der Waals surface area contributed by atoms with Gasteiger partial charge in [0.2, 0.25) is 0 Å². The van der Waals surface area contributed by atoms with Crippen LogP contribution >= 0.6 is 0 Å². The molecule has 0 atom stereocenters. The number of pyridine rings is 1. The van der Waals surface area contributed by atoms with Crippen molar-refractivity contribution in [3.8, 4) is 56.6 Å². The Kier molecular flexibility index (Phi) is 9.98. The molecular weight excluding hydrogens is 855 g/mol. The molecule has 9 aromatic carbocycles. The van der Waals surface area contributed by atoms with Crippen LogP contribution in [0.2, 0.25) is 0 Å². The second-order valence-electron chi connectivity index (χ2n) is 18.5. The second kappa shape index (κ2) is 17.0. The minimum Gasteiger partial charge on any atom is -0.458 e. The smallest absolute Gasteiger partial charge is 0.269 e. The molecule has 70 heavy (non-hydrogen) atoms. The number of imidazole rings is 1. The standard InChI is InChI=1S/C64H47N5O/c1-43(2)37-44-35-36-65-63(38-44)69-59-34-31-48(68-57-27-11-9-23-53(57)54-24-10-12-28-58(54)68)40-56(59)55-33-32-50(41-62(55)69)70-49-22-15-21-47(39-49)66-42-67(61-30-14-13-29-60(61)66)64-51(45-17-5-3-6-18-45)25-16-26-52(64)46-19-7-4-8-20-46/h3-36,38-41,43H,37H2,1-2H3. The Balaban J connectivity index is 0.935. The van der Waals surface area contributed by atoms with E-state index in [1.807, 2.05) is 12.3 Å². The lowest BCUT2D eigenvalue weighted by Gasteiger charge is -2.17. The van der Waals surface area contributed by atoms with Crippen LogP contribution in [0.1, 0.15) is 19.4 Å². The van der Waals surface area contributed by atoms with Crippen molar-refractivity contribution in [1.82, 2.24) is 18.7 Å². The minimum absolute atomic E-state index is 0.516. The van der Waals surface area contributed by atoms with Gasteiger partial charge in [0.1, 0.15) is 17.3 Å². The lowest BCUT2D eigenvalue weighted by molar-refractivity contribution is -0.571. The van der Waals surface area contributed by atoms with Crippen LogP contribution < -0.4 is 9.30 Å². The van der Waals surface area contributed by atoms with E-state index < -0.39 is 0 Å². The summed E-state index contributed by atoms with van der Waals surface area (Å²) >= 11 is 0. The molecule has 0 unspecified atom stereocenters. The Labute approximate surface area is 406 Å². The average molecular weight is 902 g/mol. The molecule has 0 fully saturated rings. The van der Waals surface area contributed by atoms with Gasteiger partial charge in [-0.3, -0.25) is 13.7 Å². The molecule has 6 heteroatoms. The van der Waals surface area contributed by atoms with Crippen molar-refractivity contribution in [2.45, 2.75) is 20.3 Å². The maximum absolute atomic E-state index is 6.88. The van der Waals surface area contributed by atoms with Gasteiger partial charge < -0.3 is 9.30 Å². The van der Waals surface area contributed by atoms with Gasteiger partial charge in [-0.05, 0) is 113 Å². The lowest BCUT2D eigenvalue weighted by atomic mass is 9.95. The van der Waals surface area contributed by atoms with E-state index in [1.54, 1.807) is 0 Å². The van der Waals surface area contributed by atoms with Gasteiger partial charge in [0.05, 0.1) is 44.5 Å². The fourth-order valence-electron chi connectivity index (χ4n) is 10.5. The number of aromatic nitrogens is 5. The van der Waals surface area contributed by atoms with E-state index in [2.05, 4.69) is 257 Å². The molecule has 0 aliphatic heterocycles. The maximum Gasteiger partial charge on any atom is 0.269 e. The molecule has 4 heterocycles. The normalized spacial score (nSPS) is 11.8. The highest BCUT2D eigenvalue weighted by Crippen LogP contribution is 2.40. The molecule has 6 nitrogen and oxygen atoms in total. The van der Waals surface area contributed by atoms with E-state index in [4.69, 9.17) is 9.72 Å². The average Bonchev–Trinajstić information content (AvgIpc) is 4.06. The van der Waals surface area contributed by atoms with E-state index in [9.17, 15) is 0 Å². The van der Waals surface area contributed by atoms with Crippen molar-refractivity contribution in [1.29, 1.82) is 0 Å². The molecule has 13 aromatic rings. The molecule has 334 valence electrons. The maximum atomic E-state index is 6.88. The predicted molar refractivity (Wildman–Crippen MR) is 286 cm³/mol. The van der Waals surface area contributed by atoms with Gasteiger partial charge in [0.15, 0.2) is 0 Å². The topological polar surface area (TPSA) is 40.8 Å². The van der Waals surface area contributed by atoms with Crippen LogP contribution in [0.4, 0.5) is 0 Å². The fourth-order valence-corrected chi connectivity index (χ4v) is 10.5. The molecule has 0 aliphatic carbocycles. The first-order chi connectivity index (χ1) is 34.5. The Hall–Kier alpha value is -9.00. The summed E-state index contributed by atoms with van der Waals surface area (Å²) in [6, 6.07) is 79.6. The molecule has 0 bridgehead atoms. The minimum atomic E-state index is 0.516. The largest absolute Gasteiger partial charge is 0.458 e. The summed E-state index contributed by atoms with van der Waals surface area (Å²) in [6.07, 6.45) is 6.73. The van der Waals surface area contributed by atoms with E-state index in [0.717, 1.165) is 95.9 Å². The van der Waals surface area contributed by atoms with Crippen molar-refractivity contribution in [3.63, 3.8) is 0 Å². The highest BCUT2D eigenvalue weighted by Gasteiger charge is 2.21. The van der Waals surface area contributed by atoms with Gasteiger partial charge in [-0.1, -0.05) is 159 Å². The van der Waals surface area contributed by atoms with Crippen LogP contribution in [0, 0.1) is 12.2 Å². The van der Waals surface area contributed by atoms with Crippen molar-refractivity contribution in [2.75, 3.05) is 0 Å². The molecule has 0 radical (unpaired) electrons. The highest BCUT2D eigenvalue weighted by molar-refractivity contribution is 6.12. The third kappa shape index (κ3) is 7.03. The third-order valence-corrected chi connectivity index (χ3v) is 13.5. The Morgan fingerprint density at radius 1 is 0.471 bits per heavy atom. The van der Waals surface area contributed by atoms with E-state index in [0.29, 0.717) is 5.92 Å². The van der Waals surface area contributed by atoms with Gasteiger partial charge in [0, 0.05) is 39.5 Å². The summed E-state index contributed by atoms with van der Waals surface area (Å²) in [5.74, 6) is 2.85. The predicted octanol–water partition coefficient (Wildman–Crippen LogP) is 15.6. The number of hydrogen-bond donors (Lipinski definition) is 0. The Morgan fingerprint density at radius 3 is 1.80 bits per heavy atom. The molecule has 0 aliphatic rings. The molecule has 0 N–H and O–H groups in total. The number of hydrogen-bond acceptors (Lipinski definition) is 2. The molecule has 0 saturated heterocycles. The van der Waals surface area contributed by atoms with E-state index in [1.165, 1.54) is 27.4 Å². The molecule has 0 spiro atoms. The van der Waals surface area contributed by atoms with Gasteiger partial charge in [0.25, 0.3) is 6.33 Å². The number of ether oxygens (including phenoxy) is 1. The van der Waals surface area contributed by atoms with Crippen molar-refractivity contribution < 1.29 is 9.30 Å². The number of rotatable bonds is 10. The number of nitrogens with zero attached hydrogens (tertiary/aromatic N) is 5. The number of benzene rings is 9. The molecule has 0 amide bonds.